The summed E-state index contributed by atoms with van der Waals surface area (Å²) in [6.45, 7) is 1.77. The smallest absolute Gasteiger partial charge is 0.337 e. The summed E-state index contributed by atoms with van der Waals surface area (Å²) in [5.41, 5.74) is 0.0425. The van der Waals surface area contributed by atoms with Crippen LogP contribution < -0.4 is 0 Å². The van der Waals surface area contributed by atoms with Crippen molar-refractivity contribution in [2.24, 2.45) is 11.8 Å². The first-order valence-electron chi connectivity index (χ1n) is 6.80. The number of carbonyl (C=O) groups is 2. The largest absolute Gasteiger partial charge is 0.471 e. The fraction of sp³-hybridized carbons (Fsp3) is 0.467. The normalized spacial score (nSPS) is 44.0. The quantitative estimate of drug-likeness (QED) is 0.405. The molecular weight excluding hydrogens is 276 g/mol. The van der Waals surface area contributed by atoms with Gasteiger partial charge in [0.25, 0.3) is 0 Å². The first kappa shape index (κ1) is 12.6. The van der Waals surface area contributed by atoms with Crippen molar-refractivity contribution in [3.8, 4) is 0 Å². The Balaban J connectivity index is 1.78. The summed E-state index contributed by atoms with van der Waals surface area (Å²) in [5, 5.41) is 0. The maximum atomic E-state index is 12.0. The monoisotopic (exact) mass is 290 g/mol. The van der Waals surface area contributed by atoms with Crippen molar-refractivity contribution in [1.29, 1.82) is 0 Å². The van der Waals surface area contributed by atoms with Gasteiger partial charge in [0.05, 0.1) is 30.4 Å². The van der Waals surface area contributed by atoms with Gasteiger partial charge in [-0.2, -0.15) is 0 Å². The van der Waals surface area contributed by atoms with Crippen LogP contribution >= 0.6 is 0 Å². The van der Waals surface area contributed by atoms with Crippen molar-refractivity contribution in [2.75, 3.05) is 7.11 Å². The van der Waals surface area contributed by atoms with Gasteiger partial charge in [-0.15, -0.1) is 0 Å². The van der Waals surface area contributed by atoms with Crippen LogP contribution in [0.15, 0.2) is 35.6 Å². The van der Waals surface area contributed by atoms with Crippen LogP contribution in [0.3, 0.4) is 0 Å². The van der Waals surface area contributed by atoms with E-state index in [4.69, 9.17) is 18.9 Å². The molecule has 1 aliphatic carbocycles. The molecule has 3 aliphatic heterocycles. The molecule has 2 saturated heterocycles. The lowest BCUT2D eigenvalue weighted by Crippen LogP contribution is -2.43. The Morgan fingerprint density at radius 3 is 3.00 bits per heavy atom. The third-order valence-electron chi connectivity index (χ3n) is 4.65. The minimum Gasteiger partial charge on any atom is -0.471 e. The second-order valence-corrected chi connectivity index (χ2v) is 5.48. The molecule has 0 aromatic rings. The molecule has 5 atom stereocenters. The Kier molecular flexibility index (Phi) is 2.39. The topological polar surface area (TPSA) is 71.1 Å². The van der Waals surface area contributed by atoms with Gasteiger partial charge >= 0.3 is 11.9 Å². The average Bonchev–Trinajstić information content (AvgIpc) is 3.08. The highest BCUT2D eigenvalue weighted by molar-refractivity contribution is 5.94. The van der Waals surface area contributed by atoms with Crippen molar-refractivity contribution in [2.45, 2.75) is 24.9 Å². The molecule has 0 aromatic carbocycles. The fourth-order valence-corrected chi connectivity index (χ4v) is 3.74. The van der Waals surface area contributed by atoms with E-state index < -0.39 is 24.0 Å². The van der Waals surface area contributed by atoms with E-state index in [0.29, 0.717) is 11.1 Å². The van der Waals surface area contributed by atoms with E-state index in [9.17, 15) is 9.59 Å². The molecule has 2 fully saturated rings. The number of ether oxygens (including phenoxy) is 4. The van der Waals surface area contributed by atoms with E-state index in [1.54, 1.807) is 13.0 Å². The minimum atomic E-state index is -0.873. The van der Waals surface area contributed by atoms with E-state index in [1.807, 2.05) is 12.2 Å². The highest BCUT2D eigenvalue weighted by atomic mass is 16.7. The molecule has 1 spiro atoms. The third kappa shape index (κ3) is 1.35. The van der Waals surface area contributed by atoms with Crippen molar-refractivity contribution < 1.29 is 28.5 Å². The number of esters is 2. The molecule has 0 saturated carbocycles. The zero-order valence-electron chi connectivity index (χ0n) is 11.6. The second kappa shape index (κ2) is 3.98. The lowest BCUT2D eigenvalue weighted by Gasteiger charge is -2.32. The molecule has 3 heterocycles. The Morgan fingerprint density at radius 1 is 1.48 bits per heavy atom. The Morgan fingerprint density at radius 2 is 2.29 bits per heavy atom. The van der Waals surface area contributed by atoms with Crippen molar-refractivity contribution >= 4 is 11.9 Å². The van der Waals surface area contributed by atoms with Crippen LogP contribution in [0.5, 0.6) is 0 Å². The number of methoxy groups -OCH3 is 1. The standard InChI is InChI=1S/C15H14O6/c1-3-7-11-15(21-13(7)17)5-4-8-9(12(16)18-2)6-19-14(20-11)10(8)15/h3-6,8,10-11,14H,1-2H3/b7-3+/t8-,10-,11+,14?,15+/m1/s1. The molecule has 1 unspecified atom stereocenters. The lowest BCUT2D eigenvalue weighted by molar-refractivity contribution is -0.152. The van der Waals surface area contributed by atoms with E-state index in [0.717, 1.165) is 0 Å². The third-order valence-corrected chi connectivity index (χ3v) is 4.65. The molecule has 0 aromatic heterocycles. The van der Waals surface area contributed by atoms with Crippen LogP contribution in [0.2, 0.25) is 0 Å². The molecule has 0 N–H and O–H groups in total. The zero-order chi connectivity index (χ0) is 14.8. The lowest BCUT2D eigenvalue weighted by atomic mass is 9.78. The molecule has 0 bridgehead atoms. The average molecular weight is 290 g/mol. The summed E-state index contributed by atoms with van der Waals surface area (Å²) in [6, 6.07) is 0. The molecule has 21 heavy (non-hydrogen) atoms. The van der Waals surface area contributed by atoms with Gasteiger partial charge in [-0.05, 0) is 13.0 Å². The summed E-state index contributed by atoms with van der Waals surface area (Å²) >= 11 is 0. The van der Waals surface area contributed by atoms with E-state index in [1.165, 1.54) is 13.4 Å². The predicted molar refractivity (Wildman–Crippen MR) is 68.5 cm³/mol. The number of allylic oxidation sites excluding steroid dienone is 2. The maximum absolute atomic E-state index is 12.0. The van der Waals surface area contributed by atoms with E-state index in [2.05, 4.69) is 0 Å². The van der Waals surface area contributed by atoms with Crippen LogP contribution in [-0.2, 0) is 28.5 Å². The number of hydrogen-bond donors (Lipinski definition) is 0. The van der Waals surface area contributed by atoms with Crippen LogP contribution in [0.1, 0.15) is 6.92 Å². The minimum absolute atomic E-state index is 0.231. The van der Waals surface area contributed by atoms with E-state index >= 15 is 0 Å². The number of hydrogen-bond acceptors (Lipinski definition) is 6. The molecular formula is C15H14O6. The van der Waals surface area contributed by atoms with Gasteiger partial charge in [0, 0.05) is 5.92 Å². The molecule has 4 aliphatic rings. The molecule has 0 amide bonds. The van der Waals surface area contributed by atoms with Crippen LogP contribution in [0.4, 0.5) is 0 Å². The predicted octanol–water partition coefficient (Wildman–Crippen LogP) is 0.842. The fourth-order valence-electron chi connectivity index (χ4n) is 3.74. The van der Waals surface area contributed by atoms with Gasteiger partial charge in [-0.25, -0.2) is 9.59 Å². The molecule has 6 nitrogen and oxygen atoms in total. The highest BCUT2D eigenvalue weighted by Crippen LogP contribution is 2.57. The summed E-state index contributed by atoms with van der Waals surface area (Å²) in [6.07, 6.45) is 5.77. The van der Waals surface area contributed by atoms with Gasteiger partial charge in [0.2, 0.25) is 6.29 Å². The molecule has 0 radical (unpaired) electrons. The van der Waals surface area contributed by atoms with Gasteiger partial charge < -0.3 is 18.9 Å². The summed E-state index contributed by atoms with van der Waals surface area (Å²) in [7, 11) is 1.32. The summed E-state index contributed by atoms with van der Waals surface area (Å²) < 4.78 is 21.8. The van der Waals surface area contributed by atoms with Gasteiger partial charge in [0.1, 0.15) is 6.10 Å². The van der Waals surface area contributed by atoms with Crippen molar-refractivity contribution in [3.63, 3.8) is 0 Å². The SMILES string of the molecule is C/C=C1/C(=O)O[C@]23C=C[C@@H]4C(C(=O)OC)=COC(O[C@@H]12)[C@@H]43. The Bertz CT molecular complexity index is 630. The number of rotatable bonds is 1. The van der Waals surface area contributed by atoms with Gasteiger partial charge in [-0.3, -0.25) is 0 Å². The maximum Gasteiger partial charge on any atom is 0.337 e. The van der Waals surface area contributed by atoms with Crippen molar-refractivity contribution in [3.05, 3.63) is 35.6 Å². The van der Waals surface area contributed by atoms with Crippen LogP contribution in [0, 0.1) is 11.8 Å². The molecule has 4 rings (SSSR count). The Hall–Kier alpha value is -2.08. The summed E-state index contributed by atoms with van der Waals surface area (Å²) in [5.74, 6) is -1.31. The highest BCUT2D eigenvalue weighted by Gasteiger charge is 2.70. The first-order chi connectivity index (χ1) is 10.1. The molecule has 6 heteroatoms. The zero-order valence-corrected chi connectivity index (χ0v) is 11.6. The second-order valence-electron chi connectivity index (χ2n) is 5.48. The van der Waals surface area contributed by atoms with Gasteiger partial charge in [-0.1, -0.05) is 12.2 Å². The van der Waals surface area contributed by atoms with Crippen LogP contribution in [-0.4, -0.2) is 37.0 Å². The van der Waals surface area contributed by atoms with Crippen molar-refractivity contribution in [1.82, 2.24) is 0 Å². The molecule has 110 valence electrons. The summed E-state index contributed by atoms with van der Waals surface area (Å²) in [4.78, 5) is 23.8. The first-order valence-corrected chi connectivity index (χ1v) is 6.80. The van der Waals surface area contributed by atoms with E-state index in [-0.39, 0.29) is 17.8 Å². The number of carbonyl (C=O) groups excluding carboxylic acids is 2. The van der Waals surface area contributed by atoms with Gasteiger partial charge in [0.15, 0.2) is 5.60 Å². The van der Waals surface area contributed by atoms with Crippen LogP contribution in [0.25, 0.3) is 0 Å². The Labute approximate surface area is 121 Å².